The van der Waals surface area contributed by atoms with Crippen molar-refractivity contribution >= 4 is 17.4 Å². The molecule has 2 aromatic rings. The molecule has 1 atom stereocenters. The molecule has 0 bridgehead atoms. The monoisotopic (exact) mass is 329 g/mol. The lowest BCUT2D eigenvalue weighted by atomic mass is 9.99. The summed E-state index contributed by atoms with van der Waals surface area (Å²) in [6.07, 6.45) is 1.13. The van der Waals surface area contributed by atoms with E-state index in [-0.39, 0.29) is 6.61 Å². The number of rotatable bonds is 5. The molecule has 4 heteroatoms. The Morgan fingerprint density at radius 1 is 1.26 bits per heavy atom. The molecule has 0 saturated carbocycles. The van der Waals surface area contributed by atoms with Gasteiger partial charge in [0.2, 0.25) is 0 Å². The number of hydrogen-bond donors (Lipinski definition) is 2. The molecule has 1 heterocycles. The van der Waals surface area contributed by atoms with E-state index in [4.69, 9.17) is 4.74 Å². The molecule has 1 aliphatic heterocycles. The van der Waals surface area contributed by atoms with Gasteiger partial charge in [0.25, 0.3) is 0 Å². The molecule has 0 amide bonds. The minimum absolute atomic E-state index is 0.0130. The molecule has 3 nitrogen and oxygen atoms in total. The smallest absolute Gasteiger partial charge is 0.124 e. The second-order valence-corrected chi connectivity index (χ2v) is 6.78. The third-order valence-corrected chi connectivity index (χ3v) is 5.16. The lowest BCUT2D eigenvalue weighted by molar-refractivity contribution is 0.267. The molecular weight excluding hydrogens is 306 g/mol. The molecule has 2 N–H and O–H groups in total. The molecule has 0 aliphatic carbocycles. The Morgan fingerprint density at radius 3 is 2.96 bits per heavy atom. The summed E-state index contributed by atoms with van der Waals surface area (Å²) in [6, 6.07) is 14.9. The van der Waals surface area contributed by atoms with Crippen LogP contribution < -0.4 is 10.1 Å². The van der Waals surface area contributed by atoms with Gasteiger partial charge in [-0.15, -0.1) is 0 Å². The third kappa shape index (κ3) is 3.82. The zero-order valence-corrected chi connectivity index (χ0v) is 14.2. The SMILES string of the molecule is CCOc1ccc(NC2CSCCc3ccccc32)cc1CO. The van der Waals surface area contributed by atoms with Crippen LogP contribution in [0.15, 0.2) is 42.5 Å². The summed E-state index contributed by atoms with van der Waals surface area (Å²) in [5.74, 6) is 2.98. The number of ether oxygens (including phenoxy) is 1. The number of fused-ring (bicyclic) bond motifs is 1. The number of hydrogen-bond acceptors (Lipinski definition) is 4. The second kappa shape index (κ2) is 7.75. The Morgan fingerprint density at radius 2 is 2.13 bits per heavy atom. The highest BCUT2D eigenvalue weighted by Gasteiger charge is 2.18. The normalized spacial score (nSPS) is 17.2. The number of anilines is 1. The van der Waals surface area contributed by atoms with E-state index in [2.05, 4.69) is 29.6 Å². The first-order chi connectivity index (χ1) is 11.3. The standard InChI is InChI=1S/C19H23NO2S/c1-2-22-19-8-7-16(11-15(19)12-21)20-18-13-23-10-9-14-5-3-4-6-17(14)18/h3-8,11,18,20-21H,2,9-10,12-13H2,1H3. The fourth-order valence-corrected chi connectivity index (χ4v) is 4.01. The third-order valence-electron chi connectivity index (χ3n) is 4.10. The maximum Gasteiger partial charge on any atom is 0.124 e. The number of aliphatic hydroxyl groups excluding tert-OH is 1. The van der Waals surface area contributed by atoms with Crippen LogP contribution in [0.3, 0.4) is 0 Å². The van der Waals surface area contributed by atoms with Crippen LogP contribution in [0.1, 0.15) is 29.7 Å². The predicted octanol–water partition coefficient (Wildman–Crippen LogP) is 4.02. The molecule has 1 aliphatic rings. The first-order valence-corrected chi connectivity index (χ1v) is 9.26. The Balaban J connectivity index is 1.84. The van der Waals surface area contributed by atoms with Crippen LogP contribution in [0.25, 0.3) is 0 Å². The average molecular weight is 329 g/mol. The van der Waals surface area contributed by atoms with Crippen molar-refractivity contribution in [2.24, 2.45) is 0 Å². The number of nitrogens with one attached hydrogen (secondary N) is 1. The van der Waals surface area contributed by atoms with Gasteiger partial charge in [0, 0.05) is 17.0 Å². The minimum atomic E-state index is -0.0130. The molecule has 122 valence electrons. The highest BCUT2D eigenvalue weighted by Crippen LogP contribution is 2.32. The van der Waals surface area contributed by atoms with Crippen molar-refractivity contribution in [2.45, 2.75) is 26.0 Å². The maximum absolute atomic E-state index is 9.57. The van der Waals surface area contributed by atoms with Crippen LogP contribution in [0, 0.1) is 0 Å². The van der Waals surface area contributed by atoms with Gasteiger partial charge in [-0.25, -0.2) is 0 Å². The predicted molar refractivity (Wildman–Crippen MR) is 97.4 cm³/mol. The first-order valence-electron chi connectivity index (χ1n) is 8.10. The number of aryl methyl sites for hydroxylation is 1. The lowest BCUT2D eigenvalue weighted by Crippen LogP contribution is -2.14. The van der Waals surface area contributed by atoms with E-state index in [1.807, 2.05) is 36.9 Å². The van der Waals surface area contributed by atoms with Gasteiger partial charge in [-0.05, 0) is 48.4 Å². The Hall–Kier alpha value is -1.65. The molecular formula is C19H23NO2S. The van der Waals surface area contributed by atoms with E-state index in [9.17, 15) is 5.11 Å². The van der Waals surface area contributed by atoms with Crippen LogP contribution in [-0.4, -0.2) is 23.2 Å². The summed E-state index contributed by atoms with van der Waals surface area (Å²) < 4.78 is 5.56. The summed E-state index contributed by atoms with van der Waals surface area (Å²) in [5.41, 5.74) is 4.67. The van der Waals surface area contributed by atoms with Gasteiger partial charge in [-0.1, -0.05) is 24.3 Å². The summed E-state index contributed by atoms with van der Waals surface area (Å²) in [5, 5.41) is 13.2. The largest absolute Gasteiger partial charge is 0.494 e. The average Bonchev–Trinajstić information content (AvgIpc) is 2.79. The number of thioether (sulfide) groups is 1. The molecule has 1 unspecified atom stereocenters. The molecule has 23 heavy (non-hydrogen) atoms. The maximum atomic E-state index is 9.57. The van der Waals surface area contributed by atoms with Gasteiger partial charge in [0.05, 0.1) is 19.3 Å². The summed E-state index contributed by atoms with van der Waals surface area (Å²) in [4.78, 5) is 0. The lowest BCUT2D eigenvalue weighted by Gasteiger charge is -2.21. The first kappa shape index (κ1) is 16.2. The Labute approximate surface area is 142 Å². The van der Waals surface area contributed by atoms with Crippen molar-refractivity contribution in [2.75, 3.05) is 23.4 Å². The van der Waals surface area contributed by atoms with Crippen LogP contribution >= 0.6 is 11.8 Å². The van der Waals surface area contributed by atoms with E-state index in [0.717, 1.165) is 29.2 Å². The summed E-state index contributed by atoms with van der Waals surface area (Å²) >= 11 is 1.98. The van der Waals surface area contributed by atoms with E-state index >= 15 is 0 Å². The number of aliphatic hydroxyl groups is 1. The molecule has 0 fully saturated rings. The molecule has 0 aromatic heterocycles. The van der Waals surface area contributed by atoms with Gasteiger partial charge in [0.1, 0.15) is 5.75 Å². The van der Waals surface area contributed by atoms with Crippen LogP contribution in [-0.2, 0) is 13.0 Å². The number of benzene rings is 2. The molecule has 0 spiro atoms. The summed E-state index contributed by atoms with van der Waals surface area (Å²) in [6.45, 7) is 2.54. The zero-order chi connectivity index (χ0) is 16.1. The quantitative estimate of drug-likeness (QED) is 0.869. The van der Waals surface area contributed by atoms with Crippen molar-refractivity contribution in [3.63, 3.8) is 0 Å². The van der Waals surface area contributed by atoms with E-state index in [1.165, 1.54) is 16.9 Å². The van der Waals surface area contributed by atoms with Gasteiger partial charge < -0.3 is 15.2 Å². The molecule has 2 aromatic carbocycles. The van der Waals surface area contributed by atoms with Crippen LogP contribution in [0.2, 0.25) is 0 Å². The molecule has 0 saturated heterocycles. The Kier molecular flexibility index (Phi) is 5.47. The fourth-order valence-electron chi connectivity index (χ4n) is 2.98. The van der Waals surface area contributed by atoms with Crippen LogP contribution in [0.4, 0.5) is 5.69 Å². The Bertz CT molecular complexity index is 660. The van der Waals surface area contributed by atoms with Crippen molar-refractivity contribution in [3.05, 3.63) is 59.2 Å². The van der Waals surface area contributed by atoms with Gasteiger partial charge >= 0.3 is 0 Å². The van der Waals surface area contributed by atoms with E-state index in [1.54, 1.807) is 0 Å². The molecule has 3 rings (SSSR count). The van der Waals surface area contributed by atoms with Gasteiger partial charge in [-0.3, -0.25) is 0 Å². The fraction of sp³-hybridized carbons (Fsp3) is 0.368. The van der Waals surface area contributed by atoms with Gasteiger partial charge in [-0.2, -0.15) is 11.8 Å². The van der Waals surface area contributed by atoms with Crippen molar-refractivity contribution < 1.29 is 9.84 Å². The second-order valence-electron chi connectivity index (χ2n) is 5.63. The van der Waals surface area contributed by atoms with E-state index in [0.29, 0.717) is 12.6 Å². The van der Waals surface area contributed by atoms with Crippen LogP contribution in [0.5, 0.6) is 5.75 Å². The van der Waals surface area contributed by atoms with Crippen molar-refractivity contribution in [1.82, 2.24) is 0 Å². The summed E-state index contributed by atoms with van der Waals surface area (Å²) in [7, 11) is 0. The van der Waals surface area contributed by atoms with Gasteiger partial charge in [0.15, 0.2) is 0 Å². The topological polar surface area (TPSA) is 41.5 Å². The highest BCUT2D eigenvalue weighted by molar-refractivity contribution is 7.99. The zero-order valence-electron chi connectivity index (χ0n) is 13.4. The molecule has 0 radical (unpaired) electrons. The van der Waals surface area contributed by atoms with Crippen molar-refractivity contribution in [3.8, 4) is 5.75 Å². The minimum Gasteiger partial charge on any atom is -0.494 e. The van der Waals surface area contributed by atoms with E-state index < -0.39 is 0 Å². The highest BCUT2D eigenvalue weighted by atomic mass is 32.2. The van der Waals surface area contributed by atoms with Crippen molar-refractivity contribution in [1.29, 1.82) is 0 Å².